The second-order valence-corrected chi connectivity index (χ2v) is 6.04. The first-order valence-electron chi connectivity index (χ1n) is 6.77. The zero-order valence-electron chi connectivity index (χ0n) is 12.3. The zero-order chi connectivity index (χ0) is 16.8. The lowest BCUT2D eigenvalue weighted by Gasteiger charge is -2.10. The topological polar surface area (TPSA) is 43.6 Å². The Morgan fingerprint density at radius 2 is 1.78 bits per heavy atom. The van der Waals surface area contributed by atoms with Gasteiger partial charge in [-0.25, -0.2) is 15.0 Å². The minimum absolute atomic E-state index is 0.385. The molecule has 0 radical (unpaired) electrons. The molecule has 0 N–H and O–H groups in total. The van der Waals surface area contributed by atoms with E-state index in [4.69, 9.17) is 0 Å². The molecule has 23 heavy (non-hydrogen) atoms. The summed E-state index contributed by atoms with van der Waals surface area (Å²) in [6.07, 6.45) is -2.11. The summed E-state index contributed by atoms with van der Waals surface area (Å²) >= 11 is 3.40. The van der Waals surface area contributed by atoms with Crippen molar-refractivity contribution in [3.05, 3.63) is 51.8 Å². The summed E-state index contributed by atoms with van der Waals surface area (Å²) in [5.41, 5.74) is 4.29. The van der Waals surface area contributed by atoms with Gasteiger partial charge in [0.15, 0.2) is 0 Å². The molecule has 0 aromatic carbocycles. The zero-order valence-corrected chi connectivity index (χ0v) is 13.9. The normalized spacial score (nSPS) is 12.1. The average Bonchev–Trinajstić information content (AvgIpc) is 2.75. The van der Waals surface area contributed by atoms with E-state index < -0.39 is 12.0 Å². The summed E-state index contributed by atoms with van der Waals surface area (Å²) in [6, 6.07) is 3.93. The number of hydrogen-bond acceptors (Lipinski definition) is 3. The Morgan fingerprint density at radius 3 is 2.39 bits per heavy atom. The van der Waals surface area contributed by atoms with Gasteiger partial charge >= 0.3 is 6.18 Å². The number of aromatic nitrogens is 4. The van der Waals surface area contributed by atoms with E-state index in [1.54, 1.807) is 0 Å². The van der Waals surface area contributed by atoms with Crippen molar-refractivity contribution in [2.45, 2.75) is 26.6 Å². The van der Waals surface area contributed by atoms with Crippen LogP contribution in [0, 0.1) is 13.8 Å². The molecule has 3 rings (SSSR count). The van der Waals surface area contributed by atoms with Crippen LogP contribution in [-0.4, -0.2) is 19.5 Å². The number of nitrogens with zero attached hydrogens (tertiary/aromatic N) is 4. The number of aryl methyl sites for hydroxylation is 2. The standard InChI is InChI=1S/C15H12BrF3N4/c1-8-3-12-11(22-13(8)16)4-9(2)23(12)7-10-5-20-14(21-6-10)15(17,18)19/h3-6H,7H2,1-2H3. The fraction of sp³-hybridized carbons (Fsp3) is 0.267. The van der Waals surface area contributed by atoms with Crippen LogP contribution in [0.4, 0.5) is 13.2 Å². The van der Waals surface area contributed by atoms with Crippen LogP contribution in [0.15, 0.2) is 29.1 Å². The van der Waals surface area contributed by atoms with Crippen molar-refractivity contribution in [1.82, 2.24) is 19.5 Å². The van der Waals surface area contributed by atoms with Crippen LogP contribution in [0.2, 0.25) is 0 Å². The van der Waals surface area contributed by atoms with Gasteiger partial charge in [-0.05, 0) is 47.5 Å². The van der Waals surface area contributed by atoms with E-state index in [9.17, 15) is 13.2 Å². The number of hydrogen-bond donors (Lipinski definition) is 0. The molecule has 0 unspecified atom stereocenters. The molecule has 0 atom stereocenters. The summed E-state index contributed by atoms with van der Waals surface area (Å²) in [4.78, 5) is 11.3. The number of rotatable bonds is 2. The number of pyridine rings is 1. The second kappa shape index (κ2) is 5.59. The lowest BCUT2D eigenvalue weighted by molar-refractivity contribution is -0.145. The van der Waals surface area contributed by atoms with Crippen LogP contribution in [0.3, 0.4) is 0 Å². The Kier molecular flexibility index (Phi) is 3.87. The van der Waals surface area contributed by atoms with Gasteiger partial charge in [-0.3, -0.25) is 0 Å². The lowest BCUT2D eigenvalue weighted by Crippen LogP contribution is -2.11. The molecule has 0 saturated heterocycles. The maximum Gasteiger partial charge on any atom is 0.451 e. The van der Waals surface area contributed by atoms with E-state index in [0.29, 0.717) is 12.1 Å². The highest BCUT2D eigenvalue weighted by molar-refractivity contribution is 9.10. The molecule has 4 nitrogen and oxygen atoms in total. The van der Waals surface area contributed by atoms with Crippen molar-refractivity contribution >= 4 is 27.0 Å². The monoisotopic (exact) mass is 384 g/mol. The molecule has 0 bridgehead atoms. The number of alkyl halides is 3. The van der Waals surface area contributed by atoms with Crippen LogP contribution in [0.1, 0.15) is 22.6 Å². The molecule has 3 aromatic heterocycles. The van der Waals surface area contributed by atoms with Crippen LogP contribution in [-0.2, 0) is 12.7 Å². The van der Waals surface area contributed by atoms with Crippen molar-refractivity contribution < 1.29 is 13.2 Å². The molecule has 0 fully saturated rings. The van der Waals surface area contributed by atoms with E-state index in [0.717, 1.165) is 26.9 Å². The van der Waals surface area contributed by atoms with E-state index in [2.05, 4.69) is 30.9 Å². The van der Waals surface area contributed by atoms with Gasteiger partial charge in [-0.15, -0.1) is 0 Å². The van der Waals surface area contributed by atoms with Gasteiger partial charge in [0.1, 0.15) is 4.60 Å². The van der Waals surface area contributed by atoms with Crippen molar-refractivity contribution in [1.29, 1.82) is 0 Å². The summed E-state index contributed by atoms with van der Waals surface area (Å²) in [6.45, 7) is 4.25. The predicted octanol–water partition coefficient (Wildman–Crippen LogP) is 4.27. The Labute approximate surface area is 138 Å². The van der Waals surface area contributed by atoms with Gasteiger partial charge in [0.2, 0.25) is 5.82 Å². The third-order valence-electron chi connectivity index (χ3n) is 3.52. The van der Waals surface area contributed by atoms with Crippen molar-refractivity contribution in [2.24, 2.45) is 0 Å². The Hall–Kier alpha value is -1.96. The average molecular weight is 385 g/mol. The minimum Gasteiger partial charge on any atom is -0.339 e. The van der Waals surface area contributed by atoms with Gasteiger partial charge in [0.25, 0.3) is 0 Å². The van der Waals surface area contributed by atoms with Crippen LogP contribution in [0.5, 0.6) is 0 Å². The van der Waals surface area contributed by atoms with Crippen LogP contribution in [0.25, 0.3) is 11.0 Å². The van der Waals surface area contributed by atoms with Crippen molar-refractivity contribution in [3.63, 3.8) is 0 Å². The largest absolute Gasteiger partial charge is 0.451 e. The molecule has 3 aromatic rings. The first-order valence-corrected chi connectivity index (χ1v) is 7.56. The Morgan fingerprint density at radius 1 is 1.13 bits per heavy atom. The second-order valence-electron chi connectivity index (χ2n) is 5.28. The first kappa shape index (κ1) is 15.9. The molecular weight excluding hydrogens is 373 g/mol. The van der Waals surface area contributed by atoms with Gasteiger partial charge in [0, 0.05) is 23.7 Å². The quantitative estimate of drug-likeness (QED) is 0.619. The molecule has 0 aliphatic rings. The molecule has 0 saturated carbocycles. The SMILES string of the molecule is Cc1cc2c(cc(C)n2Cc2cnc(C(F)(F)F)nc2)nc1Br. The fourth-order valence-corrected chi connectivity index (χ4v) is 2.66. The molecular formula is C15H12BrF3N4. The molecule has 120 valence electrons. The Bertz CT molecular complexity index is 869. The summed E-state index contributed by atoms with van der Waals surface area (Å²) in [5, 5.41) is 0. The van der Waals surface area contributed by atoms with Crippen molar-refractivity contribution in [2.75, 3.05) is 0 Å². The highest BCUT2D eigenvalue weighted by atomic mass is 79.9. The van der Waals surface area contributed by atoms with Gasteiger partial charge in [0.05, 0.1) is 17.6 Å². The maximum atomic E-state index is 12.5. The third-order valence-corrected chi connectivity index (χ3v) is 4.32. The summed E-state index contributed by atoms with van der Waals surface area (Å²) in [5.74, 6) is -1.13. The van der Waals surface area contributed by atoms with Crippen LogP contribution < -0.4 is 0 Å². The number of fused-ring (bicyclic) bond motifs is 1. The summed E-state index contributed by atoms with van der Waals surface area (Å²) < 4.78 is 40.3. The molecule has 3 heterocycles. The highest BCUT2D eigenvalue weighted by Gasteiger charge is 2.34. The smallest absolute Gasteiger partial charge is 0.339 e. The first-order chi connectivity index (χ1) is 10.8. The molecule has 0 amide bonds. The van der Waals surface area contributed by atoms with E-state index >= 15 is 0 Å². The van der Waals surface area contributed by atoms with Crippen LogP contribution >= 0.6 is 15.9 Å². The molecule has 0 aliphatic heterocycles. The van der Waals surface area contributed by atoms with Gasteiger partial charge in [-0.2, -0.15) is 13.2 Å². The molecule has 8 heteroatoms. The van der Waals surface area contributed by atoms with Crippen molar-refractivity contribution in [3.8, 4) is 0 Å². The van der Waals surface area contributed by atoms with Gasteiger partial charge in [-0.1, -0.05) is 0 Å². The fourth-order valence-electron chi connectivity index (χ4n) is 2.35. The maximum absolute atomic E-state index is 12.5. The third kappa shape index (κ3) is 3.08. The minimum atomic E-state index is -4.53. The molecule has 0 aliphatic carbocycles. The number of halogens is 4. The summed E-state index contributed by atoms with van der Waals surface area (Å²) in [7, 11) is 0. The van der Waals surface area contributed by atoms with Gasteiger partial charge < -0.3 is 4.57 Å². The van der Waals surface area contributed by atoms with E-state index in [1.165, 1.54) is 12.4 Å². The predicted molar refractivity (Wildman–Crippen MR) is 83.0 cm³/mol. The lowest BCUT2D eigenvalue weighted by atomic mass is 10.3. The Balaban J connectivity index is 1.98. The highest BCUT2D eigenvalue weighted by Crippen LogP contribution is 2.26. The van der Waals surface area contributed by atoms with E-state index in [-0.39, 0.29) is 0 Å². The van der Waals surface area contributed by atoms with E-state index in [1.807, 2.05) is 30.5 Å². The molecule has 0 spiro atoms.